The minimum atomic E-state index is 0.142. The maximum Gasteiger partial charge on any atom is 0.162 e. The molecule has 5 nitrogen and oxygen atoms in total. The van der Waals surface area contributed by atoms with E-state index in [2.05, 4.69) is 23.1 Å². The number of nitrogens with zero attached hydrogens (tertiary/aromatic N) is 1. The highest BCUT2D eigenvalue weighted by Crippen LogP contribution is 2.35. The molecular weight excluding hydrogens is 316 g/mol. The number of hydrogen-bond donors (Lipinski definition) is 1. The van der Waals surface area contributed by atoms with Crippen molar-refractivity contribution in [3.63, 3.8) is 0 Å². The number of benzene rings is 2. The molecule has 5 heteroatoms. The molecule has 0 spiro atoms. The summed E-state index contributed by atoms with van der Waals surface area (Å²) in [6.45, 7) is 1.79. The van der Waals surface area contributed by atoms with E-state index in [0.717, 1.165) is 42.4 Å². The van der Waals surface area contributed by atoms with Gasteiger partial charge < -0.3 is 24.8 Å². The molecule has 2 aromatic carbocycles. The second-order valence-electron chi connectivity index (χ2n) is 6.32. The zero-order chi connectivity index (χ0) is 17.8. The van der Waals surface area contributed by atoms with Crippen LogP contribution in [0, 0.1) is 0 Å². The van der Waals surface area contributed by atoms with Crippen LogP contribution in [-0.4, -0.2) is 40.5 Å². The average molecular weight is 342 g/mol. The highest BCUT2D eigenvalue weighted by atomic mass is 16.5. The van der Waals surface area contributed by atoms with Gasteiger partial charge in [0.25, 0.3) is 0 Å². The Morgan fingerprint density at radius 2 is 1.76 bits per heavy atom. The summed E-state index contributed by atoms with van der Waals surface area (Å²) in [7, 11) is 5.00. The fraction of sp³-hybridized carbons (Fsp3) is 0.400. The predicted octanol–water partition coefficient (Wildman–Crippen LogP) is 3.03. The van der Waals surface area contributed by atoms with E-state index in [1.54, 1.807) is 21.3 Å². The van der Waals surface area contributed by atoms with Gasteiger partial charge in [0.1, 0.15) is 5.75 Å². The highest BCUT2D eigenvalue weighted by Gasteiger charge is 2.28. The van der Waals surface area contributed by atoms with Gasteiger partial charge in [-0.1, -0.05) is 12.1 Å². The monoisotopic (exact) mass is 342 g/mol. The zero-order valence-electron chi connectivity index (χ0n) is 15.1. The molecule has 0 aromatic heterocycles. The van der Waals surface area contributed by atoms with Gasteiger partial charge in [0, 0.05) is 36.8 Å². The van der Waals surface area contributed by atoms with Crippen LogP contribution in [0.5, 0.6) is 17.2 Å². The topological polar surface area (TPSA) is 57.0 Å². The van der Waals surface area contributed by atoms with Gasteiger partial charge in [-0.15, -0.1) is 0 Å². The minimum absolute atomic E-state index is 0.142. The van der Waals surface area contributed by atoms with E-state index in [9.17, 15) is 0 Å². The maximum atomic E-state index is 6.43. The number of ether oxygens (including phenoxy) is 3. The first-order valence-corrected chi connectivity index (χ1v) is 8.52. The Morgan fingerprint density at radius 3 is 2.48 bits per heavy atom. The second kappa shape index (κ2) is 7.66. The first kappa shape index (κ1) is 17.4. The third-order valence-corrected chi connectivity index (χ3v) is 4.92. The molecule has 134 valence electrons. The summed E-state index contributed by atoms with van der Waals surface area (Å²) < 4.78 is 16.1. The molecule has 0 unspecified atom stereocenters. The molecule has 1 fully saturated rings. The third kappa shape index (κ3) is 3.66. The van der Waals surface area contributed by atoms with Crippen molar-refractivity contribution in [2.75, 3.05) is 39.3 Å². The lowest BCUT2D eigenvalue weighted by molar-refractivity contribution is 0.354. The van der Waals surface area contributed by atoms with Crippen molar-refractivity contribution < 1.29 is 14.2 Å². The van der Waals surface area contributed by atoms with Crippen LogP contribution >= 0.6 is 0 Å². The molecule has 0 amide bonds. The second-order valence-corrected chi connectivity index (χ2v) is 6.32. The summed E-state index contributed by atoms with van der Waals surface area (Å²) in [6.07, 6.45) is 0.941. The fourth-order valence-electron chi connectivity index (χ4n) is 3.45. The first-order chi connectivity index (χ1) is 12.2. The standard InChI is InChI=1S/C20H26N2O3/c1-23-16-6-4-5-14(11-16)17-13-22(10-9-18(17)21)15-7-8-19(24-2)20(12-15)25-3/h4-8,11-12,17-18H,9-10,13,21H2,1-3H3/t17-,18+/m1/s1. The Hall–Kier alpha value is -2.40. The number of nitrogens with two attached hydrogens (primary N) is 1. The maximum absolute atomic E-state index is 6.43. The number of piperidine rings is 1. The Bertz CT molecular complexity index is 720. The zero-order valence-corrected chi connectivity index (χ0v) is 15.1. The summed E-state index contributed by atoms with van der Waals surface area (Å²) in [5.41, 5.74) is 8.77. The molecule has 2 aromatic rings. The van der Waals surface area contributed by atoms with Gasteiger partial charge in [-0.25, -0.2) is 0 Å². The molecule has 2 N–H and O–H groups in total. The van der Waals surface area contributed by atoms with Crippen molar-refractivity contribution >= 4 is 5.69 Å². The molecule has 1 aliphatic heterocycles. The van der Waals surface area contributed by atoms with Gasteiger partial charge in [0.2, 0.25) is 0 Å². The third-order valence-electron chi connectivity index (χ3n) is 4.92. The van der Waals surface area contributed by atoms with E-state index >= 15 is 0 Å². The normalized spacial score (nSPS) is 20.2. The summed E-state index contributed by atoms with van der Waals surface area (Å²) in [5, 5.41) is 0. The van der Waals surface area contributed by atoms with Crippen LogP contribution in [0.4, 0.5) is 5.69 Å². The van der Waals surface area contributed by atoms with Crippen molar-refractivity contribution in [3.05, 3.63) is 48.0 Å². The van der Waals surface area contributed by atoms with Gasteiger partial charge in [0.15, 0.2) is 11.5 Å². The summed E-state index contributed by atoms with van der Waals surface area (Å²) in [6, 6.07) is 14.4. The van der Waals surface area contributed by atoms with E-state index < -0.39 is 0 Å². The largest absolute Gasteiger partial charge is 0.497 e. The molecule has 0 bridgehead atoms. The molecule has 1 saturated heterocycles. The van der Waals surface area contributed by atoms with Crippen molar-refractivity contribution in [1.82, 2.24) is 0 Å². The van der Waals surface area contributed by atoms with E-state index in [1.807, 2.05) is 24.3 Å². The smallest absolute Gasteiger partial charge is 0.162 e. The quantitative estimate of drug-likeness (QED) is 0.905. The number of methoxy groups -OCH3 is 3. The molecule has 1 aliphatic rings. The Labute approximate surface area is 149 Å². The van der Waals surface area contributed by atoms with Crippen molar-refractivity contribution in [2.45, 2.75) is 18.4 Å². The minimum Gasteiger partial charge on any atom is -0.497 e. The number of hydrogen-bond acceptors (Lipinski definition) is 5. The molecule has 25 heavy (non-hydrogen) atoms. The SMILES string of the molecule is COc1cccc([C@H]2CN(c3ccc(OC)c(OC)c3)CC[C@@H]2N)c1. The Morgan fingerprint density at radius 1 is 0.960 bits per heavy atom. The summed E-state index contributed by atoms with van der Waals surface area (Å²) in [4.78, 5) is 2.36. The molecule has 3 rings (SSSR count). The lowest BCUT2D eigenvalue weighted by Gasteiger charge is -2.38. The summed E-state index contributed by atoms with van der Waals surface area (Å²) >= 11 is 0. The van der Waals surface area contributed by atoms with Crippen LogP contribution in [-0.2, 0) is 0 Å². The molecule has 1 heterocycles. The van der Waals surface area contributed by atoms with Gasteiger partial charge in [0.05, 0.1) is 21.3 Å². The van der Waals surface area contributed by atoms with Gasteiger partial charge in [-0.3, -0.25) is 0 Å². The van der Waals surface area contributed by atoms with Crippen LogP contribution in [0.15, 0.2) is 42.5 Å². The number of anilines is 1. The lowest BCUT2D eigenvalue weighted by atomic mass is 9.86. The summed E-state index contributed by atoms with van der Waals surface area (Å²) in [5.74, 6) is 2.61. The van der Waals surface area contributed by atoms with Gasteiger partial charge in [-0.2, -0.15) is 0 Å². The van der Waals surface area contributed by atoms with E-state index in [-0.39, 0.29) is 12.0 Å². The first-order valence-electron chi connectivity index (χ1n) is 8.52. The fourth-order valence-corrected chi connectivity index (χ4v) is 3.45. The average Bonchev–Trinajstić information content (AvgIpc) is 2.67. The number of rotatable bonds is 5. The molecule has 0 radical (unpaired) electrons. The van der Waals surface area contributed by atoms with Crippen molar-refractivity contribution in [3.8, 4) is 17.2 Å². The van der Waals surface area contributed by atoms with Crippen molar-refractivity contribution in [1.29, 1.82) is 0 Å². The molecular formula is C20H26N2O3. The predicted molar refractivity (Wildman–Crippen MR) is 100 cm³/mol. The van der Waals surface area contributed by atoms with Crippen LogP contribution in [0.2, 0.25) is 0 Å². The van der Waals surface area contributed by atoms with Crippen LogP contribution in [0.25, 0.3) is 0 Å². The van der Waals surface area contributed by atoms with Crippen LogP contribution in [0.1, 0.15) is 17.9 Å². The van der Waals surface area contributed by atoms with E-state index in [4.69, 9.17) is 19.9 Å². The van der Waals surface area contributed by atoms with Gasteiger partial charge >= 0.3 is 0 Å². The van der Waals surface area contributed by atoms with Gasteiger partial charge in [-0.05, 0) is 36.2 Å². The van der Waals surface area contributed by atoms with Crippen LogP contribution < -0.4 is 24.8 Å². The molecule has 0 aliphatic carbocycles. The lowest BCUT2D eigenvalue weighted by Crippen LogP contribution is -2.45. The van der Waals surface area contributed by atoms with Crippen molar-refractivity contribution in [2.24, 2.45) is 5.73 Å². The highest BCUT2D eigenvalue weighted by molar-refractivity contribution is 5.57. The van der Waals surface area contributed by atoms with E-state index in [1.165, 1.54) is 5.56 Å². The van der Waals surface area contributed by atoms with Crippen LogP contribution in [0.3, 0.4) is 0 Å². The Kier molecular flexibility index (Phi) is 5.34. The molecule has 2 atom stereocenters. The molecule has 0 saturated carbocycles. The van der Waals surface area contributed by atoms with E-state index in [0.29, 0.717) is 0 Å². The Balaban J connectivity index is 1.85.